The minimum absolute atomic E-state index is 0.158. The molecule has 0 unspecified atom stereocenters. The van der Waals surface area contributed by atoms with E-state index >= 15 is 0 Å². The van der Waals surface area contributed by atoms with Crippen LogP contribution in [0.4, 0.5) is 0 Å². The van der Waals surface area contributed by atoms with E-state index in [1.165, 1.54) is 10.9 Å². The summed E-state index contributed by atoms with van der Waals surface area (Å²) in [7, 11) is 0. The summed E-state index contributed by atoms with van der Waals surface area (Å²) in [6.45, 7) is 4.93. The molecule has 0 aliphatic carbocycles. The molecule has 0 aliphatic heterocycles. The van der Waals surface area contributed by atoms with Gasteiger partial charge in [0.15, 0.2) is 0 Å². The highest BCUT2D eigenvalue weighted by Gasteiger charge is 2.12. The van der Waals surface area contributed by atoms with Gasteiger partial charge in [0.2, 0.25) is 0 Å². The molecule has 0 saturated carbocycles. The first-order chi connectivity index (χ1) is 10.1. The van der Waals surface area contributed by atoms with Crippen molar-refractivity contribution in [3.8, 4) is 0 Å². The first-order valence-corrected chi connectivity index (χ1v) is 7.02. The van der Waals surface area contributed by atoms with Gasteiger partial charge in [-0.3, -0.25) is 9.36 Å². The molecule has 1 aromatic carbocycles. The minimum Gasteiger partial charge on any atom is -0.293 e. The molecule has 2 aromatic heterocycles. The van der Waals surface area contributed by atoms with Crippen molar-refractivity contribution in [2.45, 2.75) is 26.9 Å². The second-order valence-corrected chi connectivity index (χ2v) is 5.16. The maximum Gasteiger partial charge on any atom is 0.263 e. The van der Waals surface area contributed by atoms with E-state index in [1.54, 1.807) is 22.9 Å². The van der Waals surface area contributed by atoms with Crippen molar-refractivity contribution < 1.29 is 0 Å². The summed E-state index contributed by atoms with van der Waals surface area (Å²) in [6, 6.07) is 5.25. The monoisotopic (exact) mass is 303 g/mol. The molecule has 0 aliphatic rings. The Labute approximate surface area is 126 Å². The van der Waals surface area contributed by atoms with Crippen molar-refractivity contribution in [2.24, 2.45) is 0 Å². The number of nitrogens with zero attached hydrogens (tertiary/aromatic N) is 5. The predicted molar refractivity (Wildman–Crippen MR) is 80.5 cm³/mol. The Hall–Kier alpha value is -2.21. The number of benzene rings is 1. The van der Waals surface area contributed by atoms with Crippen LogP contribution in [0.25, 0.3) is 10.9 Å². The van der Waals surface area contributed by atoms with Crippen LogP contribution in [-0.2, 0) is 13.1 Å². The van der Waals surface area contributed by atoms with Crippen molar-refractivity contribution in [3.05, 3.63) is 51.3 Å². The van der Waals surface area contributed by atoms with Gasteiger partial charge in [-0.05, 0) is 26.0 Å². The van der Waals surface area contributed by atoms with Crippen LogP contribution in [-0.4, -0.2) is 24.5 Å². The highest BCUT2D eigenvalue weighted by atomic mass is 35.5. The molecular formula is C14H14ClN5O. The average Bonchev–Trinajstić information content (AvgIpc) is 2.82. The number of hydrogen-bond acceptors (Lipinski definition) is 4. The summed E-state index contributed by atoms with van der Waals surface area (Å²) in [6.07, 6.45) is 1.54. The van der Waals surface area contributed by atoms with E-state index in [4.69, 9.17) is 11.6 Å². The molecule has 0 atom stereocenters. The van der Waals surface area contributed by atoms with Crippen LogP contribution in [0.5, 0.6) is 0 Å². The SMILES string of the molecule is CCn1nnc(C)c1Cn1cnc2cccc(Cl)c2c1=O. The lowest BCUT2D eigenvalue weighted by Gasteiger charge is -2.09. The summed E-state index contributed by atoms with van der Waals surface area (Å²) in [4.78, 5) is 16.9. The highest BCUT2D eigenvalue weighted by Crippen LogP contribution is 2.18. The Morgan fingerprint density at radius 2 is 2.14 bits per heavy atom. The standard InChI is InChI=1S/C14H14ClN5O/c1-3-20-12(9(2)17-18-20)7-19-8-16-11-6-4-5-10(15)13(11)14(19)21/h4-6,8H,3,7H2,1-2H3. The Kier molecular flexibility index (Phi) is 3.47. The van der Waals surface area contributed by atoms with Crippen LogP contribution in [0, 0.1) is 6.92 Å². The van der Waals surface area contributed by atoms with E-state index in [-0.39, 0.29) is 5.56 Å². The highest BCUT2D eigenvalue weighted by molar-refractivity contribution is 6.35. The Morgan fingerprint density at radius 3 is 2.90 bits per heavy atom. The summed E-state index contributed by atoms with van der Waals surface area (Å²) < 4.78 is 3.31. The summed E-state index contributed by atoms with van der Waals surface area (Å²) in [5, 5.41) is 8.94. The zero-order valence-electron chi connectivity index (χ0n) is 11.7. The molecule has 0 amide bonds. The van der Waals surface area contributed by atoms with Gasteiger partial charge in [-0.25, -0.2) is 9.67 Å². The van der Waals surface area contributed by atoms with Gasteiger partial charge in [-0.2, -0.15) is 0 Å². The van der Waals surface area contributed by atoms with Gasteiger partial charge in [-0.1, -0.05) is 22.9 Å². The topological polar surface area (TPSA) is 65.6 Å². The zero-order valence-corrected chi connectivity index (χ0v) is 12.5. The molecule has 0 radical (unpaired) electrons. The lowest BCUT2D eigenvalue weighted by molar-refractivity contribution is 0.576. The molecule has 0 saturated heterocycles. The van der Waals surface area contributed by atoms with Crippen molar-refractivity contribution in [2.75, 3.05) is 0 Å². The van der Waals surface area contributed by atoms with E-state index in [0.29, 0.717) is 29.0 Å². The van der Waals surface area contributed by atoms with Crippen LogP contribution in [0.15, 0.2) is 29.3 Å². The molecule has 3 rings (SSSR count). The van der Waals surface area contributed by atoms with Crippen LogP contribution in [0.2, 0.25) is 5.02 Å². The largest absolute Gasteiger partial charge is 0.293 e. The molecule has 0 N–H and O–H groups in total. The van der Waals surface area contributed by atoms with Crippen molar-refractivity contribution in [1.29, 1.82) is 0 Å². The molecule has 6 nitrogen and oxygen atoms in total. The van der Waals surface area contributed by atoms with E-state index in [9.17, 15) is 4.79 Å². The predicted octanol–water partition coefficient (Wildman–Crippen LogP) is 2.02. The fraction of sp³-hybridized carbons (Fsp3) is 0.286. The molecular weight excluding hydrogens is 290 g/mol. The van der Waals surface area contributed by atoms with Gasteiger partial charge in [0.25, 0.3) is 5.56 Å². The maximum absolute atomic E-state index is 12.6. The lowest BCUT2D eigenvalue weighted by atomic mass is 10.2. The first-order valence-electron chi connectivity index (χ1n) is 6.64. The fourth-order valence-electron chi connectivity index (χ4n) is 2.30. The average molecular weight is 304 g/mol. The van der Waals surface area contributed by atoms with Crippen molar-refractivity contribution in [1.82, 2.24) is 24.5 Å². The summed E-state index contributed by atoms with van der Waals surface area (Å²) in [5.74, 6) is 0. The van der Waals surface area contributed by atoms with Crippen LogP contribution in [0.3, 0.4) is 0 Å². The van der Waals surface area contributed by atoms with E-state index in [0.717, 1.165) is 11.4 Å². The molecule has 0 spiro atoms. The van der Waals surface area contributed by atoms with Gasteiger partial charge in [0.05, 0.1) is 40.2 Å². The van der Waals surface area contributed by atoms with Crippen LogP contribution < -0.4 is 5.56 Å². The quantitative estimate of drug-likeness (QED) is 0.742. The van der Waals surface area contributed by atoms with Gasteiger partial charge in [0, 0.05) is 6.54 Å². The fourth-order valence-corrected chi connectivity index (χ4v) is 2.55. The Balaban J connectivity index is 2.14. The third-order valence-electron chi connectivity index (χ3n) is 3.45. The first kappa shape index (κ1) is 13.8. The number of hydrogen-bond donors (Lipinski definition) is 0. The third-order valence-corrected chi connectivity index (χ3v) is 3.77. The Morgan fingerprint density at radius 1 is 1.33 bits per heavy atom. The summed E-state index contributed by atoms with van der Waals surface area (Å²) in [5.41, 5.74) is 2.15. The number of fused-ring (bicyclic) bond motifs is 1. The van der Waals surface area contributed by atoms with Gasteiger partial charge >= 0.3 is 0 Å². The second-order valence-electron chi connectivity index (χ2n) is 4.75. The molecule has 21 heavy (non-hydrogen) atoms. The normalized spacial score (nSPS) is 11.2. The number of aromatic nitrogens is 5. The van der Waals surface area contributed by atoms with E-state index in [2.05, 4.69) is 15.3 Å². The van der Waals surface area contributed by atoms with E-state index < -0.39 is 0 Å². The van der Waals surface area contributed by atoms with Gasteiger partial charge in [0.1, 0.15) is 0 Å². The molecule has 108 valence electrons. The molecule has 2 heterocycles. The molecule has 0 fully saturated rings. The molecule has 7 heteroatoms. The van der Waals surface area contributed by atoms with E-state index in [1.807, 2.05) is 13.8 Å². The minimum atomic E-state index is -0.158. The van der Waals surface area contributed by atoms with Gasteiger partial charge < -0.3 is 0 Å². The summed E-state index contributed by atoms with van der Waals surface area (Å²) >= 11 is 6.12. The number of halogens is 1. The number of aryl methyl sites for hydroxylation is 2. The van der Waals surface area contributed by atoms with Crippen molar-refractivity contribution in [3.63, 3.8) is 0 Å². The molecule has 0 bridgehead atoms. The third kappa shape index (κ3) is 2.31. The molecule has 3 aromatic rings. The van der Waals surface area contributed by atoms with Crippen LogP contribution in [0.1, 0.15) is 18.3 Å². The smallest absolute Gasteiger partial charge is 0.263 e. The maximum atomic E-state index is 12.6. The van der Waals surface area contributed by atoms with Crippen LogP contribution >= 0.6 is 11.6 Å². The zero-order chi connectivity index (χ0) is 15.0. The van der Waals surface area contributed by atoms with Gasteiger partial charge in [-0.15, -0.1) is 5.10 Å². The second kappa shape index (κ2) is 5.29. The lowest BCUT2D eigenvalue weighted by Crippen LogP contribution is -2.23. The number of rotatable bonds is 3. The Bertz CT molecular complexity index is 867. The van der Waals surface area contributed by atoms with Crippen molar-refractivity contribution >= 4 is 22.5 Å².